The van der Waals surface area contributed by atoms with Crippen LogP contribution in [0.15, 0.2) is 6.07 Å². The van der Waals surface area contributed by atoms with Gasteiger partial charge in [0.1, 0.15) is 11.6 Å². The van der Waals surface area contributed by atoms with Gasteiger partial charge in [0.25, 0.3) is 0 Å². The van der Waals surface area contributed by atoms with Gasteiger partial charge in [-0.25, -0.2) is 9.97 Å². The van der Waals surface area contributed by atoms with Gasteiger partial charge in [-0.3, -0.25) is 4.79 Å². The minimum atomic E-state index is 0. The first-order valence-corrected chi connectivity index (χ1v) is 8.50. The van der Waals surface area contributed by atoms with Crippen LogP contribution in [0.25, 0.3) is 0 Å². The lowest BCUT2D eigenvalue weighted by atomic mass is 10.1. The third kappa shape index (κ3) is 6.96. The SMILES string of the molecule is Cc1cc(N2CCN(C(=O)CCC(C)N)CC2)nc(C(C)C)n1.Cl.Cl. The van der Waals surface area contributed by atoms with E-state index in [9.17, 15) is 4.79 Å². The normalized spacial score (nSPS) is 15.4. The maximum absolute atomic E-state index is 12.2. The van der Waals surface area contributed by atoms with Gasteiger partial charge in [0.05, 0.1) is 0 Å². The van der Waals surface area contributed by atoms with Crippen LogP contribution in [0.3, 0.4) is 0 Å². The van der Waals surface area contributed by atoms with Crippen LogP contribution in [-0.2, 0) is 4.79 Å². The number of hydrogen-bond acceptors (Lipinski definition) is 5. The maximum atomic E-state index is 12.2. The highest BCUT2D eigenvalue weighted by Crippen LogP contribution is 2.19. The molecule has 0 aliphatic carbocycles. The van der Waals surface area contributed by atoms with E-state index >= 15 is 0 Å². The van der Waals surface area contributed by atoms with Crippen molar-refractivity contribution in [3.63, 3.8) is 0 Å². The summed E-state index contributed by atoms with van der Waals surface area (Å²) in [6.07, 6.45) is 1.30. The van der Waals surface area contributed by atoms with Crippen LogP contribution in [0.2, 0.25) is 0 Å². The van der Waals surface area contributed by atoms with Gasteiger partial charge >= 0.3 is 0 Å². The smallest absolute Gasteiger partial charge is 0.222 e. The molecule has 1 atom stereocenters. The largest absolute Gasteiger partial charge is 0.353 e. The zero-order chi connectivity index (χ0) is 17.0. The molecule has 2 heterocycles. The fourth-order valence-electron chi connectivity index (χ4n) is 2.69. The van der Waals surface area contributed by atoms with Crippen molar-refractivity contribution in [3.8, 4) is 0 Å². The van der Waals surface area contributed by atoms with E-state index in [-0.39, 0.29) is 36.8 Å². The molecule has 1 aliphatic heterocycles. The Bertz CT molecular complexity index is 546. The number of carbonyl (C=O) groups excluding carboxylic acids is 1. The van der Waals surface area contributed by atoms with E-state index in [0.717, 1.165) is 49.9 Å². The summed E-state index contributed by atoms with van der Waals surface area (Å²) in [5, 5.41) is 0. The average Bonchev–Trinajstić information content (AvgIpc) is 2.52. The summed E-state index contributed by atoms with van der Waals surface area (Å²) in [6, 6.07) is 2.11. The first-order chi connectivity index (χ1) is 10.9. The Labute approximate surface area is 163 Å². The lowest BCUT2D eigenvalue weighted by molar-refractivity contribution is -0.131. The Morgan fingerprint density at radius 2 is 1.76 bits per heavy atom. The molecule has 0 saturated carbocycles. The van der Waals surface area contributed by atoms with E-state index in [1.54, 1.807) is 0 Å². The molecule has 0 spiro atoms. The summed E-state index contributed by atoms with van der Waals surface area (Å²) in [6.45, 7) is 11.3. The number of nitrogens with two attached hydrogens (primary N) is 1. The van der Waals surface area contributed by atoms with Crippen LogP contribution in [-0.4, -0.2) is 53.0 Å². The summed E-state index contributed by atoms with van der Waals surface area (Å²) in [5.74, 6) is 2.39. The fourth-order valence-corrected chi connectivity index (χ4v) is 2.69. The second kappa shape index (κ2) is 10.8. The number of aryl methyl sites for hydroxylation is 1. The van der Waals surface area contributed by atoms with Crippen molar-refractivity contribution in [2.75, 3.05) is 31.1 Å². The van der Waals surface area contributed by atoms with Crippen LogP contribution in [0.4, 0.5) is 5.82 Å². The molecule has 1 aliphatic rings. The predicted octanol–water partition coefficient (Wildman–Crippen LogP) is 2.53. The van der Waals surface area contributed by atoms with Crippen LogP contribution >= 0.6 is 24.8 Å². The molecule has 1 saturated heterocycles. The number of halogens is 2. The Morgan fingerprint density at radius 1 is 1.16 bits per heavy atom. The van der Waals surface area contributed by atoms with Crippen molar-refractivity contribution in [2.24, 2.45) is 5.73 Å². The van der Waals surface area contributed by atoms with Crippen molar-refractivity contribution in [2.45, 2.75) is 52.5 Å². The van der Waals surface area contributed by atoms with Crippen LogP contribution in [0.1, 0.15) is 51.0 Å². The van der Waals surface area contributed by atoms with Gasteiger partial charge in [0.2, 0.25) is 5.91 Å². The Kier molecular flexibility index (Phi) is 10.3. The molecular weight excluding hydrogens is 361 g/mol. The molecule has 0 radical (unpaired) electrons. The molecule has 1 aromatic rings. The summed E-state index contributed by atoms with van der Waals surface area (Å²) >= 11 is 0. The molecule has 1 fully saturated rings. The van der Waals surface area contributed by atoms with Crippen molar-refractivity contribution < 1.29 is 4.79 Å². The highest BCUT2D eigenvalue weighted by molar-refractivity contribution is 5.85. The van der Waals surface area contributed by atoms with Gasteiger partial charge in [-0.15, -0.1) is 24.8 Å². The second-order valence-electron chi connectivity index (χ2n) is 6.76. The van der Waals surface area contributed by atoms with E-state index < -0.39 is 0 Å². The Hall–Kier alpha value is -1.11. The van der Waals surface area contributed by atoms with Gasteiger partial charge in [-0.2, -0.15) is 0 Å². The lowest BCUT2D eigenvalue weighted by Gasteiger charge is -2.35. The average molecular weight is 392 g/mol. The molecule has 6 nitrogen and oxygen atoms in total. The van der Waals surface area contributed by atoms with Crippen LogP contribution in [0.5, 0.6) is 0 Å². The number of hydrogen-bond donors (Lipinski definition) is 1. The summed E-state index contributed by atoms with van der Waals surface area (Å²) < 4.78 is 0. The number of aromatic nitrogens is 2. The van der Waals surface area contributed by atoms with Gasteiger partial charge < -0.3 is 15.5 Å². The monoisotopic (exact) mass is 391 g/mol. The molecule has 144 valence electrons. The topological polar surface area (TPSA) is 75.3 Å². The molecule has 0 bridgehead atoms. The maximum Gasteiger partial charge on any atom is 0.222 e. The summed E-state index contributed by atoms with van der Waals surface area (Å²) in [4.78, 5) is 25.5. The Morgan fingerprint density at radius 3 is 2.28 bits per heavy atom. The zero-order valence-electron chi connectivity index (χ0n) is 15.6. The van der Waals surface area contributed by atoms with E-state index in [1.807, 2.05) is 24.8 Å². The zero-order valence-corrected chi connectivity index (χ0v) is 17.2. The van der Waals surface area contributed by atoms with Crippen molar-refractivity contribution in [1.82, 2.24) is 14.9 Å². The number of carbonyl (C=O) groups is 1. The quantitative estimate of drug-likeness (QED) is 0.834. The molecule has 2 rings (SSSR count). The minimum absolute atomic E-state index is 0. The summed E-state index contributed by atoms with van der Waals surface area (Å²) in [5.41, 5.74) is 6.72. The molecule has 1 amide bonds. The molecule has 25 heavy (non-hydrogen) atoms. The van der Waals surface area contributed by atoms with Gasteiger partial charge in [0.15, 0.2) is 0 Å². The fraction of sp³-hybridized carbons (Fsp3) is 0.706. The minimum Gasteiger partial charge on any atom is -0.353 e. The molecular formula is C17H31Cl2N5O. The van der Waals surface area contributed by atoms with Crippen LogP contribution < -0.4 is 10.6 Å². The van der Waals surface area contributed by atoms with Gasteiger partial charge in [-0.05, 0) is 20.3 Å². The first-order valence-electron chi connectivity index (χ1n) is 8.50. The second-order valence-corrected chi connectivity index (χ2v) is 6.76. The number of nitrogens with zero attached hydrogens (tertiary/aromatic N) is 4. The lowest BCUT2D eigenvalue weighted by Crippen LogP contribution is -2.49. The van der Waals surface area contributed by atoms with E-state index in [1.165, 1.54) is 0 Å². The van der Waals surface area contributed by atoms with E-state index in [4.69, 9.17) is 5.73 Å². The highest BCUT2D eigenvalue weighted by Gasteiger charge is 2.22. The highest BCUT2D eigenvalue weighted by atomic mass is 35.5. The number of rotatable bonds is 5. The first kappa shape index (κ1) is 23.9. The van der Waals surface area contributed by atoms with E-state index in [0.29, 0.717) is 12.3 Å². The standard InChI is InChI=1S/C17H29N5O.2ClH/c1-12(2)17-19-14(4)11-15(20-17)21-7-9-22(10-8-21)16(23)6-5-13(3)18;;/h11-13H,5-10,18H2,1-4H3;2*1H. The number of piperazine rings is 1. The summed E-state index contributed by atoms with van der Waals surface area (Å²) in [7, 11) is 0. The number of anilines is 1. The van der Waals surface area contributed by atoms with Crippen molar-refractivity contribution >= 4 is 36.5 Å². The molecule has 0 aromatic carbocycles. The molecule has 8 heteroatoms. The predicted molar refractivity (Wildman–Crippen MR) is 107 cm³/mol. The van der Waals surface area contributed by atoms with Crippen LogP contribution in [0, 0.1) is 6.92 Å². The molecule has 2 N–H and O–H groups in total. The molecule has 1 aromatic heterocycles. The third-order valence-electron chi connectivity index (χ3n) is 4.14. The van der Waals surface area contributed by atoms with Gasteiger partial charge in [-0.1, -0.05) is 13.8 Å². The Balaban J connectivity index is 0.00000288. The van der Waals surface area contributed by atoms with Crippen molar-refractivity contribution in [1.29, 1.82) is 0 Å². The third-order valence-corrected chi connectivity index (χ3v) is 4.14. The number of amides is 1. The van der Waals surface area contributed by atoms with Crippen molar-refractivity contribution in [3.05, 3.63) is 17.6 Å². The van der Waals surface area contributed by atoms with E-state index in [2.05, 4.69) is 28.7 Å². The van der Waals surface area contributed by atoms with Gasteiger partial charge in [0, 0.05) is 56.3 Å². The molecule has 1 unspecified atom stereocenters.